The smallest absolute Gasteiger partial charge is 0.0595 e. The summed E-state index contributed by atoms with van der Waals surface area (Å²) in [6, 6.07) is 6.61. The number of rotatable bonds is 3. The maximum absolute atomic E-state index is 6.19. The van der Waals surface area contributed by atoms with E-state index >= 15 is 0 Å². The second-order valence-corrected chi connectivity index (χ2v) is 6.90. The largest absolute Gasteiger partial charge is 0.384 e. The van der Waals surface area contributed by atoms with Gasteiger partial charge in [0.25, 0.3) is 0 Å². The van der Waals surface area contributed by atoms with Gasteiger partial charge in [0.05, 0.1) is 16.7 Å². The van der Waals surface area contributed by atoms with Crippen molar-refractivity contribution in [2.24, 2.45) is 5.41 Å². The van der Waals surface area contributed by atoms with Crippen molar-refractivity contribution in [2.45, 2.75) is 31.2 Å². The van der Waals surface area contributed by atoms with E-state index in [1.165, 1.54) is 12.0 Å². The molecule has 0 aromatic heterocycles. The van der Waals surface area contributed by atoms with Crippen LogP contribution in [-0.2, 0) is 10.2 Å². The maximum Gasteiger partial charge on any atom is 0.0595 e. The number of hydrogen-bond acceptors (Lipinski definition) is 2. The van der Waals surface area contributed by atoms with Gasteiger partial charge in [-0.15, -0.1) is 0 Å². The maximum atomic E-state index is 6.19. The third-order valence-corrected chi connectivity index (χ3v) is 5.61. The molecule has 1 N–H and O–H groups in total. The van der Waals surface area contributed by atoms with Gasteiger partial charge < -0.3 is 10.1 Å². The molecule has 3 unspecified atom stereocenters. The lowest BCUT2D eigenvalue weighted by molar-refractivity contribution is 0.108. The Morgan fingerprint density at radius 2 is 2.16 bits per heavy atom. The lowest BCUT2D eigenvalue weighted by atomic mass is 9.79. The van der Waals surface area contributed by atoms with Gasteiger partial charge in [0.1, 0.15) is 0 Å². The van der Waals surface area contributed by atoms with Crippen molar-refractivity contribution in [3.8, 4) is 0 Å². The van der Waals surface area contributed by atoms with Crippen LogP contribution >= 0.6 is 23.2 Å². The molecule has 1 saturated heterocycles. The Bertz CT molecular complexity index is 507. The monoisotopic (exact) mass is 299 g/mol. The molecule has 19 heavy (non-hydrogen) atoms. The van der Waals surface area contributed by atoms with E-state index in [4.69, 9.17) is 27.9 Å². The first-order valence-electron chi connectivity index (χ1n) is 6.71. The van der Waals surface area contributed by atoms with E-state index in [1.54, 1.807) is 7.11 Å². The van der Waals surface area contributed by atoms with Crippen molar-refractivity contribution in [2.75, 3.05) is 20.3 Å². The van der Waals surface area contributed by atoms with Crippen molar-refractivity contribution >= 4 is 23.2 Å². The van der Waals surface area contributed by atoms with Crippen molar-refractivity contribution in [3.63, 3.8) is 0 Å². The summed E-state index contributed by atoms with van der Waals surface area (Å²) in [5.74, 6) is 0. The molecule has 1 aliphatic heterocycles. The zero-order valence-corrected chi connectivity index (χ0v) is 12.8. The number of piperidine rings is 1. The lowest BCUT2D eigenvalue weighted by Crippen LogP contribution is -2.45. The molecule has 0 bridgehead atoms. The highest BCUT2D eigenvalue weighted by Gasteiger charge is 2.69. The van der Waals surface area contributed by atoms with Crippen molar-refractivity contribution in [1.82, 2.24) is 5.32 Å². The fraction of sp³-hybridized carbons (Fsp3) is 0.600. The molecule has 2 fully saturated rings. The number of ether oxygens (including phenoxy) is 1. The zero-order valence-electron chi connectivity index (χ0n) is 11.3. The first kappa shape index (κ1) is 13.7. The summed E-state index contributed by atoms with van der Waals surface area (Å²) >= 11 is 12.2. The Balaban J connectivity index is 1.98. The average Bonchev–Trinajstić information content (AvgIpc) is 3.02. The fourth-order valence-electron chi connectivity index (χ4n) is 3.85. The molecule has 1 aromatic rings. The number of methoxy groups -OCH3 is 1. The Hall–Kier alpha value is -0.280. The summed E-state index contributed by atoms with van der Waals surface area (Å²) in [5, 5.41) is 4.86. The van der Waals surface area contributed by atoms with Crippen LogP contribution in [0.15, 0.2) is 18.2 Å². The minimum atomic E-state index is 0.210. The molecule has 2 nitrogen and oxygen atoms in total. The van der Waals surface area contributed by atoms with Crippen LogP contribution < -0.4 is 5.32 Å². The highest BCUT2D eigenvalue weighted by molar-refractivity contribution is 6.42. The van der Waals surface area contributed by atoms with Crippen LogP contribution in [-0.4, -0.2) is 26.3 Å². The van der Waals surface area contributed by atoms with Gasteiger partial charge in [-0.25, -0.2) is 0 Å². The van der Waals surface area contributed by atoms with E-state index in [0.717, 1.165) is 19.6 Å². The van der Waals surface area contributed by atoms with Crippen LogP contribution in [0.4, 0.5) is 0 Å². The van der Waals surface area contributed by atoms with E-state index in [2.05, 4.69) is 18.3 Å². The number of fused-ring (bicyclic) bond motifs is 1. The summed E-state index contributed by atoms with van der Waals surface area (Å²) in [6.45, 7) is 4.06. The van der Waals surface area contributed by atoms with Crippen LogP contribution in [0, 0.1) is 5.41 Å². The molecule has 3 rings (SSSR count). The van der Waals surface area contributed by atoms with Crippen molar-refractivity contribution < 1.29 is 4.74 Å². The van der Waals surface area contributed by atoms with Crippen LogP contribution in [0.2, 0.25) is 10.0 Å². The quantitative estimate of drug-likeness (QED) is 0.920. The molecule has 4 heteroatoms. The Morgan fingerprint density at radius 1 is 1.37 bits per heavy atom. The minimum absolute atomic E-state index is 0.210. The van der Waals surface area contributed by atoms with Gasteiger partial charge in [0.15, 0.2) is 0 Å². The van der Waals surface area contributed by atoms with E-state index in [-0.39, 0.29) is 10.8 Å². The van der Waals surface area contributed by atoms with Crippen molar-refractivity contribution in [3.05, 3.63) is 33.8 Å². The van der Waals surface area contributed by atoms with Crippen LogP contribution in [0.5, 0.6) is 0 Å². The Labute approximate surface area is 124 Å². The third-order valence-electron chi connectivity index (χ3n) is 4.87. The SMILES string of the molecule is COCC12CNC(C)CC1(c1ccc(Cl)c(Cl)c1)C2. The second-order valence-electron chi connectivity index (χ2n) is 6.09. The van der Waals surface area contributed by atoms with E-state index in [1.807, 2.05) is 12.1 Å². The fourth-order valence-corrected chi connectivity index (χ4v) is 4.15. The summed E-state index contributed by atoms with van der Waals surface area (Å²) in [6.07, 6.45) is 2.30. The van der Waals surface area contributed by atoms with Gasteiger partial charge >= 0.3 is 0 Å². The van der Waals surface area contributed by atoms with E-state index < -0.39 is 0 Å². The summed E-state index contributed by atoms with van der Waals surface area (Å²) in [4.78, 5) is 0. The van der Waals surface area contributed by atoms with Gasteiger partial charge in [-0.3, -0.25) is 0 Å². The first-order chi connectivity index (χ1) is 9.03. The zero-order chi connectivity index (χ0) is 13.7. The Morgan fingerprint density at radius 3 is 2.84 bits per heavy atom. The van der Waals surface area contributed by atoms with E-state index in [9.17, 15) is 0 Å². The molecule has 1 saturated carbocycles. The molecule has 0 spiro atoms. The van der Waals surface area contributed by atoms with Gasteiger partial charge in [-0.05, 0) is 37.5 Å². The van der Waals surface area contributed by atoms with Crippen molar-refractivity contribution in [1.29, 1.82) is 0 Å². The highest BCUT2D eigenvalue weighted by Crippen LogP contribution is 2.68. The molecular weight excluding hydrogens is 281 g/mol. The third kappa shape index (κ3) is 2.01. The van der Waals surface area contributed by atoms with E-state index in [0.29, 0.717) is 16.1 Å². The summed E-state index contributed by atoms with van der Waals surface area (Å²) < 4.78 is 5.46. The second kappa shape index (κ2) is 4.63. The number of halogens is 2. The lowest BCUT2D eigenvalue weighted by Gasteiger charge is -2.35. The van der Waals surface area contributed by atoms with Gasteiger partial charge in [0.2, 0.25) is 0 Å². The predicted octanol–water partition coefficient (Wildman–Crippen LogP) is 3.65. The first-order valence-corrected chi connectivity index (χ1v) is 7.46. The normalized spacial score (nSPS) is 36.9. The average molecular weight is 300 g/mol. The molecule has 1 aliphatic carbocycles. The minimum Gasteiger partial charge on any atom is -0.384 e. The molecule has 104 valence electrons. The van der Waals surface area contributed by atoms with Gasteiger partial charge in [-0.1, -0.05) is 29.3 Å². The predicted molar refractivity (Wildman–Crippen MR) is 79.1 cm³/mol. The van der Waals surface area contributed by atoms with Crippen LogP contribution in [0.25, 0.3) is 0 Å². The highest BCUT2D eigenvalue weighted by atomic mass is 35.5. The van der Waals surface area contributed by atoms with Gasteiger partial charge in [0, 0.05) is 30.5 Å². The topological polar surface area (TPSA) is 21.3 Å². The molecular formula is C15H19Cl2NO. The van der Waals surface area contributed by atoms with Gasteiger partial charge in [-0.2, -0.15) is 0 Å². The van der Waals surface area contributed by atoms with Crippen LogP contribution in [0.3, 0.4) is 0 Å². The standard InChI is InChI=1S/C15H19Cl2NO/c1-10-6-15(7-14(15,8-18-10)9-19-2)11-3-4-12(16)13(17)5-11/h3-5,10,18H,6-9H2,1-2H3. The number of hydrogen-bond donors (Lipinski definition) is 1. The summed E-state index contributed by atoms with van der Waals surface area (Å²) in [7, 11) is 1.78. The van der Waals surface area contributed by atoms with Crippen LogP contribution in [0.1, 0.15) is 25.3 Å². The molecule has 3 atom stereocenters. The summed E-state index contributed by atoms with van der Waals surface area (Å²) in [5.41, 5.74) is 1.75. The molecule has 1 heterocycles. The molecule has 0 radical (unpaired) electrons. The number of nitrogens with one attached hydrogen (secondary N) is 1. The molecule has 2 aliphatic rings. The Kier molecular flexibility index (Phi) is 3.33. The molecule has 1 aromatic carbocycles. The molecule has 0 amide bonds. The number of benzene rings is 1.